The molecule has 2 rings (SSSR count). The Morgan fingerprint density at radius 3 is 2.22 bits per heavy atom. The van der Waals surface area contributed by atoms with E-state index in [1.54, 1.807) is 0 Å². The third kappa shape index (κ3) is 3.96. The van der Waals surface area contributed by atoms with Gasteiger partial charge in [0.05, 0.1) is 0 Å². The van der Waals surface area contributed by atoms with Gasteiger partial charge < -0.3 is 10.2 Å². The van der Waals surface area contributed by atoms with Crippen LogP contribution < -0.4 is 5.32 Å². The molecule has 1 aliphatic carbocycles. The number of likely N-dealkylation sites (tertiary alicyclic amines) is 1. The summed E-state index contributed by atoms with van der Waals surface area (Å²) >= 11 is 0. The summed E-state index contributed by atoms with van der Waals surface area (Å²) in [4.78, 5) is 2.72. The van der Waals surface area contributed by atoms with Crippen molar-refractivity contribution in [2.45, 2.75) is 58.4 Å². The van der Waals surface area contributed by atoms with Crippen molar-refractivity contribution in [1.82, 2.24) is 10.2 Å². The van der Waals surface area contributed by atoms with Crippen molar-refractivity contribution < 1.29 is 0 Å². The van der Waals surface area contributed by atoms with Gasteiger partial charge in [-0.1, -0.05) is 33.1 Å². The first-order valence-corrected chi connectivity index (χ1v) is 8.08. The van der Waals surface area contributed by atoms with Crippen LogP contribution in [0.4, 0.5) is 0 Å². The summed E-state index contributed by atoms with van der Waals surface area (Å²) in [5, 5.41) is 3.61. The highest BCUT2D eigenvalue weighted by Crippen LogP contribution is 2.28. The van der Waals surface area contributed by atoms with Crippen molar-refractivity contribution >= 4 is 0 Å². The summed E-state index contributed by atoms with van der Waals surface area (Å²) in [6.45, 7) is 8.73. The Morgan fingerprint density at radius 2 is 1.67 bits per heavy atom. The Balaban J connectivity index is 1.84. The van der Waals surface area contributed by atoms with E-state index in [4.69, 9.17) is 0 Å². The number of hydrogen-bond donors (Lipinski definition) is 1. The topological polar surface area (TPSA) is 15.3 Å². The van der Waals surface area contributed by atoms with Crippen LogP contribution >= 0.6 is 0 Å². The molecule has 0 aromatic carbocycles. The molecule has 2 fully saturated rings. The summed E-state index contributed by atoms with van der Waals surface area (Å²) in [6.07, 6.45) is 8.69. The van der Waals surface area contributed by atoms with Gasteiger partial charge in [-0.05, 0) is 44.1 Å². The molecule has 1 saturated heterocycles. The predicted octanol–water partition coefficient (Wildman–Crippen LogP) is 3.13. The predicted molar refractivity (Wildman–Crippen MR) is 78.8 cm³/mol. The molecule has 18 heavy (non-hydrogen) atoms. The highest BCUT2D eigenvalue weighted by Gasteiger charge is 2.27. The Labute approximate surface area is 114 Å². The lowest BCUT2D eigenvalue weighted by Crippen LogP contribution is -2.49. The number of nitrogens with zero attached hydrogens (tertiary/aromatic N) is 1. The van der Waals surface area contributed by atoms with Crippen LogP contribution in [-0.2, 0) is 0 Å². The molecule has 2 aliphatic rings. The highest BCUT2D eigenvalue weighted by molar-refractivity contribution is 4.84. The Kier molecular flexibility index (Phi) is 5.50. The molecule has 2 heteroatoms. The quantitative estimate of drug-likeness (QED) is 0.827. The van der Waals surface area contributed by atoms with Gasteiger partial charge >= 0.3 is 0 Å². The average molecular weight is 252 g/mol. The number of piperidine rings is 1. The molecule has 106 valence electrons. The van der Waals surface area contributed by atoms with Gasteiger partial charge in [-0.25, -0.2) is 0 Å². The minimum Gasteiger partial charge on any atom is -0.315 e. The molecular weight excluding hydrogens is 220 g/mol. The van der Waals surface area contributed by atoms with Crippen LogP contribution in [0.15, 0.2) is 0 Å². The van der Waals surface area contributed by atoms with Crippen LogP contribution in [0.2, 0.25) is 0 Å². The largest absolute Gasteiger partial charge is 0.315 e. The van der Waals surface area contributed by atoms with Gasteiger partial charge in [0.15, 0.2) is 0 Å². The van der Waals surface area contributed by atoms with Crippen molar-refractivity contribution in [3.05, 3.63) is 0 Å². The lowest BCUT2D eigenvalue weighted by atomic mass is 9.83. The van der Waals surface area contributed by atoms with Crippen molar-refractivity contribution in [1.29, 1.82) is 0 Å². The fourth-order valence-electron chi connectivity index (χ4n) is 4.23. The number of hydrogen-bond acceptors (Lipinski definition) is 2. The summed E-state index contributed by atoms with van der Waals surface area (Å²) in [5.74, 6) is 2.70. The van der Waals surface area contributed by atoms with Crippen LogP contribution in [0.3, 0.4) is 0 Å². The van der Waals surface area contributed by atoms with Crippen molar-refractivity contribution in [2.24, 2.45) is 17.8 Å². The zero-order valence-corrected chi connectivity index (χ0v) is 12.6. The first kappa shape index (κ1) is 14.3. The maximum atomic E-state index is 3.61. The van der Waals surface area contributed by atoms with E-state index in [2.05, 4.69) is 31.1 Å². The van der Waals surface area contributed by atoms with E-state index in [0.29, 0.717) is 0 Å². The van der Waals surface area contributed by atoms with Gasteiger partial charge in [-0.3, -0.25) is 0 Å². The summed E-state index contributed by atoms with van der Waals surface area (Å²) in [7, 11) is 2.16. The smallest absolute Gasteiger partial charge is 0.0220 e. The van der Waals surface area contributed by atoms with Gasteiger partial charge in [-0.15, -0.1) is 0 Å². The van der Waals surface area contributed by atoms with Gasteiger partial charge in [0.1, 0.15) is 0 Å². The first-order valence-electron chi connectivity index (χ1n) is 8.08. The standard InChI is InChI=1S/C16H32N2/c1-13-9-14(2)11-18(10-13)12-16(17-3)15-7-5-4-6-8-15/h13-17H,4-12H2,1-3H3. The summed E-state index contributed by atoms with van der Waals surface area (Å²) in [6, 6.07) is 0.725. The van der Waals surface area contributed by atoms with E-state index in [0.717, 1.165) is 23.8 Å². The Hall–Kier alpha value is -0.0800. The second-order valence-corrected chi connectivity index (χ2v) is 6.96. The fraction of sp³-hybridized carbons (Fsp3) is 1.00. The molecule has 2 nitrogen and oxygen atoms in total. The second-order valence-electron chi connectivity index (χ2n) is 6.96. The molecule has 0 aromatic heterocycles. The SMILES string of the molecule is CNC(CN1CC(C)CC(C)C1)C1CCCCC1. The minimum atomic E-state index is 0.725. The van der Waals surface area contributed by atoms with Gasteiger partial charge in [0, 0.05) is 25.7 Å². The first-order chi connectivity index (χ1) is 8.69. The molecule has 3 unspecified atom stereocenters. The van der Waals surface area contributed by atoms with Crippen LogP contribution in [0.5, 0.6) is 0 Å². The van der Waals surface area contributed by atoms with Crippen molar-refractivity contribution in [3.63, 3.8) is 0 Å². The molecule has 0 amide bonds. The minimum absolute atomic E-state index is 0.725. The summed E-state index contributed by atoms with van der Waals surface area (Å²) in [5.41, 5.74) is 0. The van der Waals surface area contributed by atoms with Crippen molar-refractivity contribution in [2.75, 3.05) is 26.7 Å². The third-order valence-corrected chi connectivity index (χ3v) is 4.99. The van der Waals surface area contributed by atoms with Gasteiger partial charge in [0.25, 0.3) is 0 Å². The van der Waals surface area contributed by atoms with Gasteiger partial charge in [-0.2, -0.15) is 0 Å². The van der Waals surface area contributed by atoms with E-state index in [1.165, 1.54) is 58.2 Å². The van der Waals surface area contributed by atoms with Crippen LogP contribution in [0.25, 0.3) is 0 Å². The van der Waals surface area contributed by atoms with E-state index in [1.807, 2.05) is 0 Å². The zero-order valence-electron chi connectivity index (χ0n) is 12.6. The highest BCUT2D eigenvalue weighted by atomic mass is 15.2. The van der Waals surface area contributed by atoms with E-state index >= 15 is 0 Å². The fourth-order valence-corrected chi connectivity index (χ4v) is 4.23. The molecule has 0 spiro atoms. The maximum Gasteiger partial charge on any atom is 0.0220 e. The van der Waals surface area contributed by atoms with E-state index in [9.17, 15) is 0 Å². The van der Waals surface area contributed by atoms with Crippen LogP contribution in [0.1, 0.15) is 52.4 Å². The molecule has 0 aromatic rings. The lowest BCUT2D eigenvalue weighted by Gasteiger charge is -2.39. The third-order valence-electron chi connectivity index (χ3n) is 4.99. The Morgan fingerprint density at radius 1 is 1.06 bits per heavy atom. The molecule has 1 N–H and O–H groups in total. The summed E-state index contributed by atoms with van der Waals surface area (Å²) < 4.78 is 0. The Bertz CT molecular complexity index is 225. The monoisotopic (exact) mass is 252 g/mol. The number of likely N-dealkylation sites (N-methyl/N-ethyl adjacent to an activating group) is 1. The molecule has 0 radical (unpaired) electrons. The normalized spacial score (nSPS) is 33.5. The van der Waals surface area contributed by atoms with Crippen LogP contribution in [0, 0.1) is 17.8 Å². The molecule has 1 heterocycles. The number of nitrogens with one attached hydrogen (secondary N) is 1. The maximum absolute atomic E-state index is 3.61. The number of rotatable bonds is 4. The molecule has 3 atom stereocenters. The molecular formula is C16H32N2. The second kappa shape index (κ2) is 6.91. The average Bonchev–Trinajstić information content (AvgIpc) is 2.36. The molecule has 0 bridgehead atoms. The van der Waals surface area contributed by atoms with Gasteiger partial charge in [0.2, 0.25) is 0 Å². The van der Waals surface area contributed by atoms with E-state index in [-0.39, 0.29) is 0 Å². The molecule has 1 saturated carbocycles. The van der Waals surface area contributed by atoms with Crippen molar-refractivity contribution in [3.8, 4) is 0 Å². The lowest BCUT2D eigenvalue weighted by molar-refractivity contribution is 0.112. The zero-order chi connectivity index (χ0) is 13.0. The van der Waals surface area contributed by atoms with E-state index < -0.39 is 0 Å². The molecule has 1 aliphatic heterocycles. The van der Waals surface area contributed by atoms with Crippen LogP contribution in [-0.4, -0.2) is 37.6 Å².